The second kappa shape index (κ2) is 8.45. The van der Waals surface area contributed by atoms with Gasteiger partial charge in [-0.15, -0.1) is 5.10 Å². The van der Waals surface area contributed by atoms with Crippen LogP contribution in [-0.2, 0) is 4.79 Å². The first-order chi connectivity index (χ1) is 12.9. The van der Waals surface area contributed by atoms with Gasteiger partial charge in [0.2, 0.25) is 5.82 Å². The molecule has 2 N–H and O–H groups in total. The normalized spacial score (nSPS) is 16.4. The van der Waals surface area contributed by atoms with E-state index in [1.54, 1.807) is 4.52 Å². The van der Waals surface area contributed by atoms with E-state index in [9.17, 15) is 9.59 Å². The molecule has 8 heteroatoms. The molecule has 1 fully saturated rings. The number of hydrogen-bond donors (Lipinski definition) is 2. The van der Waals surface area contributed by atoms with Gasteiger partial charge in [-0.1, -0.05) is 32.1 Å². The lowest BCUT2D eigenvalue weighted by Gasteiger charge is -2.26. The molecule has 0 aromatic carbocycles. The molecule has 1 aliphatic carbocycles. The third-order valence-corrected chi connectivity index (χ3v) is 5.21. The second-order valence-electron chi connectivity index (χ2n) is 7.53. The zero-order chi connectivity index (χ0) is 19.4. The summed E-state index contributed by atoms with van der Waals surface area (Å²) in [5.41, 5.74) is 1.67. The van der Waals surface area contributed by atoms with Gasteiger partial charge in [-0.05, 0) is 38.7 Å². The highest BCUT2D eigenvalue weighted by atomic mass is 16.4. The van der Waals surface area contributed by atoms with Gasteiger partial charge in [-0.2, -0.15) is 4.98 Å². The van der Waals surface area contributed by atoms with Crippen molar-refractivity contribution in [3.63, 3.8) is 0 Å². The molecule has 1 unspecified atom stereocenters. The molecule has 2 aromatic heterocycles. The maximum atomic E-state index is 12.7. The van der Waals surface area contributed by atoms with E-state index in [1.165, 1.54) is 19.3 Å². The highest BCUT2D eigenvalue weighted by Gasteiger charge is 2.23. The van der Waals surface area contributed by atoms with Crippen LogP contribution in [0.15, 0.2) is 6.07 Å². The Kier molecular flexibility index (Phi) is 6.03. The second-order valence-corrected chi connectivity index (χ2v) is 7.53. The van der Waals surface area contributed by atoms with E-state index in [0.717, 1.165) is 30.7 Å². The van der Waals surface area contributed by atoms with Crippen molar-refractivity contribution >= 4 is 17.7 Å². The molecule has 2 aromatic rings. The fourth-order valence-electron chi connectivity index (χ4n) is 3.88. The molecule has 0 aliphatic heterocycles. The molecule has 0 bridgehead atoms. The van der Waals surface area contributed by atoms with E-state index in [1.807, 2.05) is 19.9 Å². The van der Waals surface area contributed by atoms with Gasteiger partial charge >= 0.3 is 5.97 Å². The van der Waals surface area contributed by atoms with Crippen molar-refractivity contribution in [3.8, 4) is 0 Å². The molecule has 0 radical (unpaired) electrons. The molecule has 27 heavy (non-hydrogen) atoms. The third-order valence-electron chi connectivity index (χ3n) is 5.21. The van der Waals surface area contributed by atoms with Gasteiger partial charge in [0, 0.05) is 23.9 Å². The average molecular weight is 373 g/mol. The number of nitrogens with zero attached hydrogens (tertiary/aromatic N) is 4. The van der Waals surface area contributed by atoms with Crippen molar-refractivity contribution in [2.24, 2.45) is 5.92 Å². The zero-order valence-electron chi connectivity index (χ0n) is 15.9. The van der Waals surface area contributed by atoms with Crippen molar-refractivity contribution in [2.45, 2.75) is 71.3 Å². The Morgan fingerprint density at radius 2 is 2.00 bits per heavy atom. The average Bonchev–Trinajstić information content (AvgIpc) is 3.05. The molecule has 0 saturated heterocycles. The number of hydrogen-bond acceptors (Lipinski definition) is 5. The number of aliphatic carboxylic acids is 1. The van der Waals surface area contributed by atoms with Gasteiger partial charge in [-0.25, -0.2) is 9.50 Å². The summed E-state index contributed by atoms with van der Waals surface area (Å²) in [6.45, 7) is 3.75. The minimum atomic E-state index is -0.848. The maximum Gasteiger partial charge on any atom is 0.303 e. The van der Waals surface area contributed by atoms with Crippen molar-refractivity contribution < 1.29 is 14.7 Å². The molecule has 1 amide bonds. The Labute approximate surface area is 158 Å². The smallest absolute Gasteiger partial charge is 0.303 e. The molecule has 146 valence electrons. The lowest BCUT2D eigenvalue weighted by Crippen LogP contribution is -2.37. The molecule has 2 heterocycles. The number of nitrogens with one attached hydrogen (secondary N) is 1. The Balaban J connectivity index is 1.72. The summed E-state index contributed by atoms with van der Waals surface area (Å²) >= 11 is 0. The fraction of sp³-hybridized carbons (Fsp3) is 0.632. The van der Waals surface area contributed by atoms with Crippen LogP contribution in [0.4, 0.5) is 0 Å². The van der Waals surface area contributed by atoms with Crippen LogP contribution in [0.5, 0.6) is 0 Å². The maximum absolute atomic E-state index is 12.7. The van der Waals surface area contributed by atoms with Crippen LogP contribution in [0.3, 0.4) is 0 Å². The SMILES string of the molecule is Cc1cc(C)n2nc(C(=O)NC(CCC(=O)O)CC3CCCCC3)nc2n1. The Morgan fingerprint density at radius 3 is 2.70 bits per heavy atom. The van der Waals surface area contributed by atoms with Gasteiger partial charge in [0.1, 0.15) is 0 Å². The molecule has 1 aliphatic rings. The Bertz CT molecular complexity index is 826. The molecular weight excluding hydrogens is 346 g/mol. The largest absolute Gasteiger partial charge is 0.481 e. The number of amides is 1. The summed E-state index contributed by atoms with van der Waals surface area (Å²) in [5, 5.41) is 16.2. The lowest BCUT2D eigenvalue weighted by molar-refractivity contribution is -0.137. The van der Waals surface area contributed by atoms with Crippen molar-refractivity contribution in [3.05, 3.63) is 23.3 Å². The van der Waals surface area contributed by atoms with Crippen LogP contribution in [0.1, 0.15) is 73.4 Å². The van der Waals surface area contributed by atoms with E-state index >= 15 is 0 Å². The van der Waals surface area contributed by atoms with E-state index in [-0.39, 0.29) is 24.2 Å². The van der Waals surface area contributed by atoms with Gasteiger partial charge < -0.3 is 10.4 Å². The first kappa shape index (κ1) is 19.3. The number of aromatic nitrogens is 4. The predicted molar refractivity (Wildman–Crippen MR) is 99.6 cm³/mol. The van der Waals surface area contributed by atoms with Crippen molar-refractivity contribution in [1.82, 2.24) is 24.9 Å². The molecule has 1 saturated carbocycles. The number of aryl methyl sites for hydroxylation is 2. The monoisotopic (exact) mass is 373 g/mol. The standard InChI is InChI=1S/C19H27N5O3/c1-12-10-13(2)24-19(20-12)22-17(23-24)18(27)21-15(8-9-16(25)26)11-14-6-4-3-5-7-14/h10,14-15H,3-9,11H2,1-2H3,(H,21,27)(H,25,26). The number of carbonyl (C=O) groups excluding carboxylic acids is 1. The summed E-state index contributed by atoms with van der Waals surface area (Å²) < 4.78 is 1.55. The predicted octanol–water partition coefficient (Wildman–Crippen LogP) is 2.67. The Morgan fingerprint density at radius 1 is 1.26 bits per heavy atom. The first-order valence-corrected chi connectivity index (χ1v) is 9.66. The minimum absolute atomic E-state index is 0.0378. The van der Waals surface area contributed by atoms with Gasteiger partial charge in [-0.3, -0.25) is 9.59 Å². The lowest BCUT2D eigenvalue weighted by atomic mass is 9.84. The van der Waals surface area contributed by atoms with Crippen LogP contribution in [0, 0.1) is 19.8 Å². The van der Waals surface area contributed by atoms with Crippen LogP contribution in [0.25, 0.3) is 5.78 Å². The quantitative estimate of drug-likeness (QED) is 0.772. The molecule has 3 rings (SSSR count). The molecule has 0 spiro atoms. The number of carbonyl (C=O) groups is 2. The van der Waals surface area contributed by atoms with Gasteiger partial charge in [0.05, 0.1) is 0 Å². The van der Waals surface area contributed by atoms with Crippen LogP contribution < -0.4 is 5.32 Å². The van der Waals surface area contributed by atoms with E-state index in [4.69, 9.17) is 5.11 Å². The van der Waals surface area contributed by atoms with Crippen LogP contribution in [-0.4, -0.2) is 42.6 Å². The summed E-state index contributed by atoms with van der Waals surface area (Å²) in [5.74, 6) is -0.214. The fourth-order valence-corrected chi connectivity index (χ4v) is 3.88. The van der Waals surface area contributed by atoms with Gasteiger partial charge in [0.25, 0.3) is 11.7 Å². The topological polar surface area (TPSA) is 109 Å². The number of fused-ring (bicyclic) bond motifs is 1. The summed E-state index contributed by atoms with van der Waals surface area (Å²) in [6, 6.07) is 1.70. The number of carboxylic acids is 1. The summed E-state index contributed by atoms with van der Waals surface area (Å²) in [7, 11) is 0. The van der Waals surface area contributed by atoms with Crippen LogP contribution >= 0.6 is 0 Å². The zero-order valence-corrected chi connectivity index (χ0v) is 15.9. The summed E-state index contributed by atoms with van der Waals surface area (Å²) in [4.78, 5) is 32.2. The molecular formula is C19H27N5O3. The Hall–Kier alpha value is -2.51. The van der Waals surface area contributed by atoms with Gasteiger partial charge in [0.15, 0.2) is 0 Å². The minimum Gasteiger partial charge on any atom is -0.481 e. The highest BCUT2D eigenvalue weighted by Crippen LogP contribution is 2.28. The number of carboxylic acid groups (broad SMARTS) is 1. The van der Waals surface area contributed by atoms with Crippen molar-refractivity contribution in [2.75, 3.05) is 0 Å². The first-order valence-electron chi connectivity index (χ1n) is 9.66. The van der Waals surface area contributed by atoms with E-state index in [0.29, 0.717) is 18.1 Å². The molecule has 8 nitrogen and oxygen atoms in total. The highest BCUT2D eigenvalue weighted by molar-refractivity contribution is 5.91. The van der Waals surface area contributed by atoms with Crippen molar-refractivity contribution in [1.29, 1.82) is 0 Å². The van der Waals surface area contributed by atoms with E-state index in [2.05, 4.69) is 20.4 Å². The number of rotatable bonds is 7. The van der Waals surface area contributed by atoms with Crippen LogP contribution in [0.2, 0.25) is 0 Å². The molecule has 1 atom stereocenters. The summed E-state index contributed by atoms with van der Waals surface area (Å²) in [6.07, 6.45) is 7.24. The van der Waals surface area contributed by atoms with E-state index < -0.39 is 5.97 Å². The third kappa shape index (κ3) is 5.02.